The molecule has 0 saturated heterocycles. The van der Waals surface area contributed by atoms with Crippen LogP contribution in [0.5, 0.6) is 0 Å². The molecule has 0 aromatic carbocycles. The Bertz CT molecular complexity index is 319. The maximum atomic E-state index is 11.6. The third kappa shape index (κ3) is 3.38. The Morgan fingerprint density at radius 1 is 1.60 bits per heavy atom. The summed E-state index contributed by atoms with van der Waals surface area (Å²) in [7, 11) is 0. The van der Waals surface area contributed by atoms with E-state index >= 15 is 0 Å². The molecule has 4 nitrogen and oxygen atoms in total. The second kappa shape index (κ2) is 5.53. The largest absolute Gasteiger partial charge is 0.311 e. The molecule has 2 N–H and O–H groups in total. The lowest BCUT2D eigenvalue weighted by molar-refractivity contribution is -0.117. The van der Waals surface area contributed by atoms with Gasteiger partial charge in [0.1, 0.15) is 5.82 Å². The lowest BCUT2D eigenvalue weighted by Crippen LogP contribution is -2.15. The lowest BCUT2D eigenvalue weighted by atomic mass is 10.1. The molecule has 1 rings (SSSR count). The first-order chi connectivity index (χ1) is 7.17. The average molecular weight is 209 g/mol. The Morgan fingerprint density at radius 2 is 2.33 bits per heavy atom. The van der Waals surface area contributed by atoms with E-state index in [4.69, 9.17) is 0 Å². The zero-order chi connectivity index (χ0) is 11.3. The number of aromatic nitrogens is 2. The molecule has 1 heterocycles. The molecule has 15 heavy (non-hydrogen) atoms. The van der Waals surface area contributed by atoms with Gasteiger partial charge in [0, 0.05) is 12.0 Å². The zero-order valence-electron chi connectivity index (χ0n) is 9.63. The minimum absolute atomic E-state index is 0.0586. The highest BCUT2D eigenvalue weighted by Gasteiger charge is 2.10. The molecule has 1 amide bonds. The number of aromatic amines is 1. The minimum atomic E-state index is 0.0586. The molecule has 84 valence electrons. The topological polar surface area (TPSA) is 57.8 Å². The monoisotopic (exact) mass is 209 g/mol. The van der Waals surface area contributed by atoms with E-state index in [0.717, 1.165) is 24.2 Å². The van der Waals surface area contributed by atoms with Crippen LogP contribution in [0.1, 0.15) is 39.2 Å². The van der Waals surface area contributed by atoms with Gasteiger partial charge in [0.05, 0.1) is 6.20 Å². The molecular weight excluding hydrogens is 190 g/mol. The van der Waals surface area contributed by atoms with Gasteiger partial charge in [-0.25, -0.2) is 0 Å². The Hall–Kier alpha value is -1.32. The van der Waals surface area contributed by atoms with Crippen molar-refractivity contribution in [2.24, 2.45) is 5.92 Å². The zero-order valence-corrected chi connectivity index (χ0v) is 9.63. The fraction of sp³-hybridized carbons (Fsp3) is 0.636. The van der Waals surface area contributed by atoms with Crippen LogP contribution in [0.25, 0.3) is 0 Å². The summed E-state index contributed by atoms with van der Waals surface area (Å²) in [6, 6.07) is 0. The predicted octanol–water partition coefficient (Wildman–Crippen LogP) is 2.35. The maximum Gasteiger partial charge on any atom is 0.225 e. The van der Waals surface area contributed by atoms with Crippen LogP contribution in [-0.2, 0) is 11.2 Å². The molecule has 1 unspecified atom stereocenters. The highest BCUT2D eigenvalue weighted by molar-refractivity contribution is 5.90. The Balaban J connectivity index is 2.51. The molecule has 0 aliphatic heterocycles. The van der Waals surface area contributed by atoms with Crippen LogP contribution in [0.15, 0.2) is 6.20 Å². The molecule has 4 heteroatoms. The molecule has 0 spiro atoms. The fourth-order valence-corrected chi connectivity index (χ4v) is 1.34. The second-order valence-corrected chi connectivity index (χ2v) is 3.89. The number of hydrogen-bond donors (Lipinski definition) is 2. The van der Waals surface area contributed by atoms with Crippen molar-refractivity contribution in [2.75, 3.05) is 5.32 Å². The van der Waals surface area contributed by atoms with Crippen LogP contribution in [0, 0.1) is 5.92 Å². The number of hydrogen-bond acceptors (Lipinski definition) is 2. The number of H-pyrrole nitrogens is 1. The van der Waals surface area contributed by atoms with Gasteiger partial charge in [0.15, 0.2) is 0 Å². The van der Waals surface area contributed by atoms with E-state index in [0.29, 0.717) is 12.3 Å². The molecular formula is C11H19N3O. The minimum Gasteiger partial charge on any atom is -0.311 e. The van der Waals surface area contributed by atoms with Crippen molar-refractivity contribution >= 4 is 11.7 Å². The summed E-state index contributed by atoms with van der Waals surface area (Å²) in [6.45, 7) is 6.20. The summed E-state index contributed by atoms with van der Waals surface area (Å²) in [4.78, 5) is 11.6. The van der Waals surface area contributed by atoms with Crippen LogP contribution in [0.3, 0.4) is 0 Å². The number of rotatable bonds is 5. The van der Waals surface area contributed by atoms with Crippen molar-refractivity contribution in [3.8, 4) is 0 Å². The molecule has 1 aromatic heterocycles. The fourth-order valence-electron chi connectivity index (χ4n) is 1.34. The third-order valence-electron chi connectivity index (χ3n) is 2.59. The second-order valence-electron chi connectivity index (χ2n) is 3.89. The van der Waals surface area contributed by atoms with E-state index in [9.17, 15) is 4.79 Å². The molecule has 0 radical (unpaired) electrons. The Morgan fingerprint density at radius 3 is 2.93 bits per heavy atom. The number of amides is 1. The van der Waals surface area contributed by atoms with Crippen molar-refractivity contribution in [3.63, 3.8) is 0 Å². The van der Waals surface area contributed by atoms with Crippen molar-refractivity contribution in [1.29, 1.82) is 0 Å². The quantitative estimate of drug-likeness (QED) is 0.782. The number of nitrogens with zero attached hydrogens (tertiary/aromatic N) is 1. The van der Waals surface area contributed by atoms with Crippen molar-refractivity contribution in [2.45, 2.75) is 40.0 Å². The van der Waals surface area contributed by atoms with Gasteiger partial charge in [-0.2, -0.15) is 5.10 Å². The van der Waals surface area contributed by atoms with Crippen molar-refractivity contribution < 1.29 is 4.79 Å². The van der Waals surface area contributed by atoms with Crippen LogP contribution < -0.4 is 5.32 Å². The van der Waals surface area contributed by atoms with Gasteiger partial charge in [-0.3, -0.25) is 9.89 Å². The Kier molecular flexibility index (Phi) is 4.34. The standard InChI is InChI=1S/C11H19N3O/c1-4-8(3)6-10(15)13-11-9(5-2)7-12-14-11/h7-8H,4-6H2,1-3H3,(H2,12,13,14,15). The summed E-state index contributed by atoms with van der Waals surface area (Å²) in [6.07, 6.45) is 4.21. The number of carbonyl (C=O) groups is 1. The van der Waals surface area contributed by atoms with Crippen LogP contribution in [0.2, 0.25) is 0 Å². The van der Waals surface area contributed by atoms with Crippen LogP contribution >= 0.6 is 0 Å². The van der Waals surface area contributed by atoms with Crippen molar-refractivity contribution in [3.05, 3.63) is 11.8 Å². The van der Waals surface area contributed by atoms with Crippen molar-refractivity contribution in [1.82, 2.24) is 10.2 Å². The van der Waals surface area contributed by atoms with Gasteiger partial charge < -0.3 is 5.32 Å². The highest BCUT2D eigenvalue weighted by atomic mass is 16.1. The average Bonchev–Trinajstić information content (AvgIpc) is 2.64. The first-order valence-corrected chi connectivity index (χ1v) is 5.49. The summed E-state index contributed by atoms with van der Waals surface area (Å²) in [5, 5.41) is 9.55. The summed E-state index contributed by atoms with van der Waals surface area (Å²) in [5.41, 5.74) is 1.05. The summed E-state index contributed by atoms with van der Waals surface area (Å²) < 4.78 is 0. The smallest absolute Gasteiger partial charge is 0.225 e. The molecule has 0 aliphatic carbocycles. The molecule has 0 bridgehead atoms. The highest BCUT2D eigenvalue weighted by Crippen LogP contribution is 2.13. The summed E-state index contributed by atoms with van der Waals surface area (Å²) >= 11 is 0. The van der Waals surface area contributed by atoms with E-state index in [1.165, 1.54) is 0 Å². The molecule has 0 saturated carbocycles. The molecule has 0 aliphatic rings. The Labute approximate surface area is 90.5 Å². The number of anilines is 1. The molecule has 1 aromatic rings. The van der Waals surface area contributed by atoms with Gasteiger partial charge >= 0.3 is 0 Å². The van der Waals surface area contributed by atoms with E-state index < -0.39 is 0 Å². The number of carbonyl (C=O) groups excluding carboxylic acids is 1. The van der Waals surface area contributed by atoms with Gasteiger partial charge in [0.2, 0.25) is 5.91 Å². The lowest BCUT2D eigenvalue weighted by Gasteiger charge is -2.08. The van der Waals surface area contributed by atoms with Gasteiger partial charge in [-0.1, -0.05) is 27.2 Å². The van der Waals surface area contributed by atoms with E-state index in [2.05, 4.69) is 29.4 Å². The molecule has 0 fully saturated rings. The molecule has 1 atom stereocenters. The van der Waals surface area contributed by atoms with Gasteiger partial charge in [-0.05, 0) is 12.3 Å². The predicted molar refractivity (Wildman–Crippen MR) is 60.7 cm³/mol. The first kappa shape index (κ1) is 11.8. The van der Waals surface area contributed by atoms with E-state index in [1.54, 1.807) is 6.20 Å². The van der Waals surface area contributed by atoms with Gasteiger partial charge in [-0.15, -0.1) is 0 Å². The number of nitrogens with one attached hydrogen (secondary N) is 2. The number of aryl methyl sites for hydroxylation is 1. The van der Waals surface area contributed by atoms with Crippen LogP contribution in [-0.4, -0.2) is 16.1 Å². The first-order valence-electron chi connectivity index (χ1n) is 5.49. The van der Waals surface area contributed by atoms with E-state index in [1.807, 2.05) is 6.92 Å². The summed E-state index contributed by atoms with van der Waals surface area (Å²) in [5.74, 6) is 1.23. The maximum absolute atomic E-state index is 11.6. The SMILES string of the molecule is CCc1cn[nH]c1NC(=O)CC(C)CC. The third-order valence-corrected chi connectivity index (χ3v) is 2.59. The van der Waals surface area contributed by atoms with Crippen LogP contribution in [0.4, 0.5) is 5.82 Å². The normalized spacial score (nSPS) is 12.5. The van der Waals surface area contributed by atoms with Gasteiger partial charge in [0.25, 0.3) is 0 Å². The van der Waals surface area contributed by atoms with E-state index in [-0.39, 0.29) is 5.91 Å².